The Kier molecular flexibility index (Phi) is 25.3. The van der Waals surface area contributed by atoms with Crippen molar-refractivity contribution in [1.82, 2.24) is 36.4 Å². The number of phenols is 1. The van der Waals surface area contributed by atoms with E-state index in [0.29, 0.717) is 26.2 Å². The van der Waals surface area contributed by atoms with E-state index in [1.807, 2.05) is 0 Å². The monoisotopic (exact) mass is 1290 g/mol. The molecule has 0 radical (unpaired) electrons. The zero-order valence-corrected chi connectivity index (χ0v) is 53.1. The second kappa shape index (κ2) is 32.1. The number of phenolic OH excluding ortho intramolecular Hbond substituents is 1. The summed E-state index contributed by atoms with van der Waals surface area (Å²) in [5.41, 5.74) is 3.22. The molecule has 0 unspecified atom stereocenters. The molecule has 30 nitrogen and oxygen atoms in total. The van der Waals surface area contributed by atoms with Crippen LogP contribution >= 0.6 is 12.3 Å². The molecule has 5 heterocycles. The van der Waals surface area contributed by atoms with Gasteiger partial charge < -0.3 is 106 Å². The summed E-state index contributed by atoms with van der Waals surface area (Å²) in [6.45, 7) is 16.2. The molecule has 15 atom stereocenters. The second-order valence-electron chi connectivity index (χ2n) is 23.1. The number of amides is 7. The van der Waals surface area contributed by atoms with Crippen molar-refractivity contribution >= 4 is 70.7 Å². The van der Waals surface area contributed by atoms with E-state index in [9.17, 15) is 74.6 Å². The quantitative estimate of drug-likeness (QED) is 0.0168. The zero-order valence-electron chi connectivity index (χ0n) is 50.3. The summed E-state index contributed by atoms with van der Waals surface area (Å²) in [5, 5.41) is 104. The molecule has 7 amide bonds. The van der Waals surface area contributed by atoms with Gasteiger partial charge in [-0.15, -0.1) is 4.33 Å². The summed E-state index contributed by atoms with van der Waals surface area (Å²) in [6, 6.07) is 7.22. The molecule has 5 fully saturated rings. The Hall–Kier alpha value is -6.61. The molecular formula is C58H76N11NaO19S. The number of fused-ring (bicyclic) bond motifs is 2. The van der Waals surface area contributed by atoms with Gasteiger partial charge in [-0.3, -0.25) is 38.6 Å². The fourth-order valence-corrected chi connectivity index (χ4v) is 12.1. The SMILES string of the molecule is [C-]#[N+]C[C@@H](O)[C@@H]1NC(=O)[C@H]([C@H](O)Cc2ccc(O)c(OSOO[O-])c2)NC(=O)[C@@H]2C[C@H](O)CN2C(=O)[C@H]([C@H](C)O)NC(=O)[C@@H](NC(=O)c2ccc(N3CCN(c4ccc(N5C[C@@H](C)O[C@@H](C)C5)cc4)CC3)cc2)C[C@H](O)CNC(=O)[C@@H]2[C@@H](O)[C@H](C)CN2C1=O.[Na+]. The average Bonchev–Trinajstić information content (AvgIpc) is 1.95. The van der Waals surface area contributed by atoms with Crippen molar-refractivity contribution in [3.63, 3.8) is 0 Å². The van der Waals surface area contributed by atoms with Gasteiger partial charge in [0.15, 0.2) is 17.6 Å². The van der Waals surface area contributed by atoms with Crippen molar-refractivity contribution < 1.29 is 122 Å². The third kappa shape index (κ3) is 17.5. The van der Waals surface area contributed by atoms with Gasteiger partial charge in [0.1, 0.15) is 36.3 Å². The number of rotatable bonds is 15. The number of benzene rings is 3. The molecule has 3 aromatic carbocycles. The number of aliphatic hydroxyl groups is 6. The maximum atomic E-state index is 14.6. The van der Waals surface area contributed by atoms with Crippen molar-refractivity contribution in [3.05, 3.63) is 89.3 Å². The van der Waals surface area contributed by atoms with Crippen molar-refractivity contribution in [2.75, 3.05) is 80.1 Å². The molecule has 90 heavy (non-hydrogen) atoms. The minimum Gasteiger partial charge on any atom is -0.691 e. The predicted octanol–water partition coefficient (Wildman–Crippen LogP) is -6.63. The Balaban J connectivity index is 0.0000115. The fourth-order valence-electron chi connectivity index (χ4n) is 11.8. The van der Waals surface area contributed by atoms with Crippen LogP contribution in [0.4, 0.5) is 17.1 Å². The summed E-state index contributed by atoms with van der Waals surface area (Å²) < 4.78 is 15.1. The van der Waals surface area contributed by atoms with Crippen LogP contribution < -0.4 is 80.3 Å². The van der Waals surface area contributed by atoms with Gasteiger partial charge in [0.05, 0.1) is 42.7 Å². The Morgan fingerprint density at radius 2 is 1.31 bits per heavy atom. The van der Waals surface area contributed by atoms with Gasteiger partial charge in [-0.2, -0.15) is 0 Å². The normalized spacial score (nSPS) is 28.5. The summed E-state index contributed by atoms with van der Waals surface area (Å²) in [5.74, 6) is -9.55. The number of aliphatic hydroxyl groups excluding tert-OH is 6. The van der Waals surface area contributed by atoms with Crippen LogP contribution in [0.25, 0.3) is 4.85 Å². The smallest absolute Gasteiger partial charge is 0.691 e. The van der Waals surface area contributed by atoms with Gasteiger partial charge in [-0.05, 0) is 87.0 Å². The van der Waals surface area contributed by atoms with Crippen LogP contribution in [-0.4, -0.2) is 237 Å². The first-order chi connectivity index (χ1) is 42.4. The number of morpholine rings is 1. The predicted molar refractivity (Wildman–Crippen MR) is 314 cm³/mol. The second-order valence-corrected chi connectivity index (χ2v) is 23.6. The number of carbonyl (C=O) groups is 7. The van der Waals surface area contributed by atoms with Crippen molar-refractivity contribution in [2.24, 2.45) is 5.92 Å². The number of anilines is 3. The first-order valence-corrected chi connectivity index (χ1v) is 29.9. The Labute approximate surface area is 545 Å². The Morgan fingerprint density at radius 1 is 0.733 bits per heavy atom. The van der Waals surface area contributed by atoms with Gasteiger partial charge in [0.2, 0.25) is 42.0 Å². The standard InChI is InChI=1S/C58H77N11O19S.Na/c1-30-26-69-50(51(30)76)56(81)60-24-39(71)22-41(61-52(77)35-7-9-36(10-8-35)65-16-18-66(19-17-65)37-11-13-38(14-12-37)67-27-31(2)85-32(3)28-67)53(78)62-47(33(4)70)57(82)68-29-40(72)23-42(68)54(79)63-48(55(80)64-49(58(69)83)45(75)25-59-5)44(74)20-34-6-15-43(73)46(21-34)86-89-88-87-84;/h6-15,21,30-33,39-42,44-45,47-51,70-76,84H,16-20,22-29H2,1-4H3,(H,60,81)(H,61,77)(H,62,78)(H,63,79)(H,64,80);/q;+1/p-1/t30-,31-,32+,33+,39+,40+,41+,42+,44-,45-,47+,48+,49+,50+,51+;/m1./s1. The molecule has 0 aliphatic carbocycles. The van der Waals surface area contributed by atoms with Crippen molar-refractivity contribution in [3.8, 4) is 11.5 Å². The number of nitrogens with zero attached hydrogens (tertiary/aromatic N) is 6. The molecule has 5 aliphatic heterocycles. The number of aromatic hydroxyl groups is 1. The number of ether oxygens (including phenoxy) is 1. The van der Waals surface area contributed by atoms with Gasteiger partial charge in [0, 0.05) is 107 Å². The molecule has 32 heteroatoms. The summed E-state index contributed by atoms with van der Waals surface area (Å²) in [7, 11) is 0. The number of piperazine rings is 1. The van der Waals surface area contributed by atoms with Crippen LogP contribution in [0.2, 0.25) is 0 Å². The summed E-state index contributed by atoms with van der Waals surface area (Å²) in [4.78, 5) is 113. The van der Waals surface area contributed by atoms with E-state index in [4.69, 9.17) is 15.5 Å². The fraction of sp³-hybridized carbons (Fsp3) is 0.552. The third-order valence-corrected chi connectivity index (χ3v) is 16.8. The van der Waals surface area contributed by atoms with Gasteiger partial charge >= 0.3 is 29.6 Å². The summed E-state index contributed by atoms with van der Waals surface area (Å²) >= 11 is 0.0107. The maximum absolute atomic E-state index is 14.6. The molecule has 0 bridgehead atoms. The molecule has 484 valence electrons. The summed E-state index contributed by atoms with van der Waals surface area (Å²) in [6.07, 6.45) is -12.0. The Bertz CT molecular complexity index is 3030. The first-order valence-electron chi connectivity index (χ1n) is 29.2. The minimum absolute atomic E-state index is 0. The van der Waals surface area contributed by atoms with Crippen molar-refractivity contribution in [1.29, 1.82) is 0 Å². The third-order valence-electron chi connectivity index (χ3n) is 16.4. The average molecular weight is 1290 g/mol. The number of β-amino-alcohol motifs (C(OH)–C–C–N with tert-alkyl or cyclic N) is 1. The van der Waals surface area contributed by atoms with Crippen LogP contribution in [-0.2, 0) is 49.3 Å². The molecule has 0 saturated carbocycles. The maximum Gasteiger partial charge on any atom is 1.00 e. The van der Waals surface area contributed by atoms with E-state index < -0.39 is 165 Å². The molecule has 0 spiro atoms. The van der Waals surface area contributed by atoms with Crippen LogP contribution in [0.15, 0.2) is 66.7 Å². The molecule has 5 aliphatic rings. The molecule has 5 saturated heterocycles. The zero-order chi connectivity index (χ0) is 64.4. The van der Waals surface area contributed by atoms with Gasteiger partial charge in [-0.25, -0.2) is 6.57 Å². The number of hydrogen-bond acceptors (Lipinski definition) is 23. The van der Waals surface area contributed by atoms with Crippen molar-refractivity contribution in [2.45, 2.75) is 132 Å². The molecule has 8 rings (SSSR count). The molecular weight excluding hydrogens is 1210 g/mol. The van der Waals surface area contributed by atoms with E-state index in [1.165, 1.54) is 13.0 Å². The number of carbonyl (C=O) groups excluding carboxylic acids is 7. The van der Waals surface area contributed by atoms with E-state index in [-0.39, 0.29) is 77.5 Å². The molecule has 12 N–H and O–H groups in total. The van der Waals surface area contributed by atoms with E-state index >= 15 is 0 Å². The van der Waals surface area contributed by atoms with Gasteiger partial charge in [-0.1, -0.05) is 13.0 Å². The number of nitrogens with one attached hydrogen (secondary N) is 5. The minimum atomic E-state index is -2.15. The van der Waals surface area contributed by atoms with Gasteiger partial charge in [0.25, 0.3) is 18.2 Å². The van der Waals surface area contributed by atoms with Crippen LogP contribution in [0.5, 0.6) is 11.5 Å². The first kappa shape index (κ1) is 70.8. The van der Waals surface area contributed by atoms with E-state index in [1.54, 1.807) is 24.3 Å². The Morgan fingerprint density at radius 3 is 1.91 bits per heavy atom. The van der Waals surface area contributed by atoms with Crippen LogP contribution in [0, 0.1) is 12.5 Å². The van der Waals surface area contributed by atoms with Crippen LogP contribution in [0.3, 0.4) is 0 Å². The largest absolute Gasteiger partial charge is 1.00 e. The topological polar surface area (TPSA) is 402 Å². The number of hydrogen-bond donors (Lipinski definition) is 12. The van der Waals surface area contributed by atoms with E-state index in [0.717, 1.165) is 59.0 Å². The van der Waals surface area contributed by atoms with E-state index in [2.05, 4.69) is 93.6 Å². The van der Waals surface area contributed by atoms with Crippen LogP contribution in [0.1, 0.15) is 56.5 Å². The molecule has 0 aromatic heterocycles. The molecule has 3 aromatic rings.